The van der Waals surface area contributed by atoms with Crippen molar-refractivity contribution in [2.75, 3.05) is 19.6 Å². The average Bonchev–Trinajstić information content (AvgIpc) is 3.26. The molecule has 2 aromatic rings. The minimum absolute atomic E-state index is 0.0167. The van der Waals surface area contributed by atoms with Crippen molar-refractivity contribution in [1.29, 1.82) is 0 Å². The Bertz CT molecular complexity index is 871. The Kier molecular flexibility index (Phi) is 5.27. The van der Waals surface area contributed by atoms with E-state index in [0.717, 1.165) is 33.7 Å². The molecule has 2 aliphatic rings. The number of nitrogens with zero attached hydrogens (tertiary/aromatic N) is 4. The lowest BCUT2D eigenvalue weighted by Crippen LogP contribution is -2.49. The van der Waals surface area contributed by atoms with Crippen molar-refractivity contribution >= 4 is 39.1 Å². The minimum Gasteiger partial charge on any atom is -0.337 e. The number of carbonyl (C=O) groups is 2. The van der Waals surface area contributed by atoms with Crippen LogP contribution < -0.4 is 0 Å². The molecule has 2 amide bonds. The quantitative estimate of drug-likeness (QED) is 0.723. The molecular weight excluding hydrogens is 428 g/mol. The Balaban J connectivity index is 1.46. The van der Waals surface area contributed by atoms with E-state index in [2.05, 4.69) is 26.1 Å². The molecule has 4 heterocycles. The van der Waals surface area contributed by atoms with Gasteiger partial charge in [0.15, 0.2) is 0 Å². The van der Waals surface area contributed by atoms with Crippen molar-refractivity contribution in [3.8, 4) is 0 Å². The number of fused-ring (bicyclic) bond motifs is 1. The molecule has 2 saturated heterocycles. The van der Waals surface area contributed by atoms with Crippen molar-refractivity contribution < 1.29 is 9.59 Å². The molecule has 0 spiro atoms. The molecule has 0 N–H and O–H groups in total. The van der Waals surface area contributed by atoms with E-state index in [1.165, 1.54) is 6.20 Å². The molecule has 0 saturated carbocycles. The van der Waals surface area contributed by atoms with Gasteiger partial charge < -0.3 is 9.80 Å². The van der Waals surface area contributed by atoms with Gasteiger partial charge in [-0.15, -0.1) is 11.3 Å². The molecule has 0 radical (unpaired) electrons. The summed E-state index contributed by atoms with van der Waals surface area (Å²) in [5.41, 5.74) is 1.30. The van der Waals surface area contributed by atoms with Gasteiger partial charge in [0.05, 0.1) is 33.7 Å². The number of hydrogen-bond donors (Lipinski definition) is 0. The van der Waals surface area contributed by atoms with Crippen LogP contribution in [0.1, 0.15) is 33.8 Å². The number of piperidine rings is 1. The Labute approximate surface area is 170 Å². The van der Waals surface area contributed by atoms with Gasteiger partial charge in [0.25, 0.3) is 5.91 Å². The number of rotatable bonds is 3. The molecule has 0 unspecified atom stereocenters. The molecule has 4 rings (SSSR count). The normalized spacial score (nSPS) is 22.0. The van der Waals surface area contributed by atoms with Gasteiger partial charge in [-0.3, -0.25) is 9.59 Å². The van der Waals surface area contributed by atoms with E-state index in [-0.39, 0.29) is 17.9 Å². The van der Waals surface area contributed by atoms with Gasteiger partial charge in [-0.2, -0.15) is 10.2 Å². The lowest BCUT2D eigenvalue weighted by molar-refractivity contribution is -0.134. The van der Waals surface area contributed by atoms with Crippen molar-refractivity contribution in [2.24, 2.45) is 5.92 Å². The SMILES string of the molecule is Cc1cc(C(=O)N2C[C@@H]3CCCN(C(=O)Cc4ccc(Br)s4)[C@@H]3C2)cnn1. The number of aryl methyl sites for hydroxylation is 1. The molecule has 0 aromatic carbocycles. The summed E-state index contributed by atoms with van der Waals surface area (Å²) in [7, 11) is 0. The Morgan fingerprint density at radius 3 is 2.93 bits per heavy atom. The van der Waals surface area contributed by atoms with E-state index < -0.39 is 0 Å². The van der Waals surface area contributed by atoms with Crippen LogP contribution in [0.25, 0.3) is 0 Å². The molecule has 0 aliphatic carbocycles. The molecule has 27 heavy (non-hydrogen) atoms. The van der Waals surface area contributed by atoms with Gasteiger partial charge in [-0.1, -0.05) is 0 Å². The summed E-state index contributed by atoms with van der Waals surface area (Å²) in [6, 6.07) is 5.87. The summed E-state index contributed by atoms with van der Waals surface area (Å²) in [4.78, 5) is 30.7. The second kappa shape index (κ2) is 7.67. The fraction of sp³-hybridized carbons (Fsp3) is 0.474. The molecule has 8 heteroatoms. The summed E-state index contributed by atoms with van der Waals surface area (Å²) in [6.45, 7) is 3.92. The van der Waals surface area contributed by atoms with Gasteiger partial charge in [0.1, 0.15) is 0 Å². The van der Waals surface area contributed by atoms with Crippen molar-refractivity contribution in [3.63, 3.8) is 0 Å². The zero-order valence-electron chi connectivity index (χ0n) is 15.1. The molecular formula is C19H21BrN4O2S. The fourth-order valence-electron chi connectivity index (χ4n) is 4.13. The topological polar surface area (TPSA) is 66.4 Å². The van der Waals surface area contributed by atoms with Crippen molar-refractivity contribution in [3.05, 3.63) is 44.3 Å². The molecule has 2 fully saturated rings. The van der Waals surface area contributed by atoms with E-state index >= 15 is 0 Å². The minimum atomic E-state index is -0.0167. The number of aromatic nitrogens is 2. The van der Waals surface area contributed by atoms with Crippen LogP contribution in [0.3, 0.4) is 0 Å². The predicted octanol–water partition coefficient (Wildman–Crippen LogP) is 2.91. The number of likely N-dealkylation sites (tertiary alicyclic amines) is 2. The Morgan fingerprint density at radius 2 is 2.19 bits per heavy atom. The van der Waals surface area contributed by atoms with Crippen LogP contribution in [0.15, 0.2) is 28.2 Å². The van der Waals surface area contributed by atoms with Gasteiger partial charge in [-0.25, -0.2) is 0 Å². The summed E-state index contributed by atoms with van der Waals surface area (Å²) in [6.07, 6.45) is 4.02. The highest BCUT2D eigenvalue weighted by atomic mass is 79.9. The maximum atomic E-state index is 12.9. The van der Waals surface area contributed by atoms with Crippen LogP contribution in [0, 0.1) is 12.8 Å². The highest BCUT2D eigenvalue weighted by Gasteiger charge is 2.42. The van der Waals surface area contributed by atoms with E-state index in [0.29, 0.717) is 31.0 Å². The molecule has 0 bridgehead atoms. The third-order valence-corrected chi connectivity index (χ3v) is 6.99. The zero-order valence-corrected chi connectivity index (χ0v) is 17.5. The smallest absolute Gasteiger partial charge is 0.255 e. The van der Waals surface area contributed by atoms with Gasteiger partial charge in [0.2, 0.25) is 5.91 Å². The molecule has 2 aromatic heterocycles. The van der Waals surface area contributed by atoms with Crippen LogP contribution in [0.4, 0.5) is 0 Å². The van der Waals surface area contributed by atoms with Gasteiger partial charge in [-0.05, 0) is 59.8 Å². The van der Waals surface area contributed by atoms with E-state index in [4.69, 9.17) is 0 Å². The Hall–Kier alpha value is -1.80. The fourth-order valence-corrected chi connectivity index (χ4v) is 5.60. The van der Waals surface area contributed by atoms with Crippen LogP contribution in [-0.2, 0) is 11.2 Å². The second-order valence-corrected chi connectivity index (χ2v) is 9.78. The third kappa shape index (κ3) is 3.91. The first-order valence-electron chi connectivity index (χ1n) is 9.13. The second-order valence-electron chi connectivity index (χ2n) is 7.24. The van der Waals surface area contributed by atoms with E-state index in [1.807, 2.05) is 28.9 Å². The summed E-state index contributed by atoms with van der Waals surface area (Å²) < 4.78 is 1.04. The van der Waals surface area contributed by atoms with Crippen LogP contribution in [-0.4, -0.2) is 57.5 Å². The van der Waals surface area contributed by atoms with Crippen LogP contribution >= 0.6 is 27.3 Å². The number of hydrogen-bond acceptors (Lipinski definition) is 5. The Morgan fingerprint density at radius 1 is 1.33 bits per heavy atom. The first-order valence-corrected chi connectivity index (χ1v) is 10.7. The molecule has 2 aliphatic heterocycles. The monoisotopic (exact) mass is 448 g/mol. The average molecular weight is 449 g/mol. The van der Waals surface area contributed by atoms with E-state index in [1.54, 1.807) is 17.4 Å². The summed E-state index contributed by atoms with van der Waals surface area (Å²) in [5, 5.41) is 7.82. The van der Waals surface area contributed by atoms with E-state index in [9.17, 15) is 9.59 Å². The largest absolute Gasteiger partial charge is 0.337 e. The maximum absolute atomic E-state index is 12.9. The zero-order chi connectivity index (χ0) is 19.0. The van der Waals surface area contributed by atoms with Gasteiger partial charge >= 0.3 is 0 Å². The van der Waals surface area contributed by atoms with Gasteiger partial charge in [0, 0.05) is 24.5 Å². The molecule has 6 nitrogen and oxygen atoms in total. The van der Waals surface area contributed by atoms with Crippen LogP contribution in [0.5, 0.6) is 0 Å². The highest BCUT2D eigenvalue weighted by molar-refractivity contribution is 9.11. The highest BCUT2D eigenvalue weighted by Crippen LogP contribution is 2.32. The first-order chi connectivity index (χ1) is 13.0. The number of amides is 2. The number of carbonyl (C=O) groups excluding carboxylic acids is 2. The predicted molar refractivity (Wildman–Crippen MR) is 107 cm³/mol. The van der Waals surface area contributed by atoms with Crippen molar-refractivity contribution in [2.45, 2.75) is 32.2 Å². The first kappa shape index (κ1) is 18.6. The third-order valence-electron chi connectivity index (χ3n) is 5.37. The standard InChI is InChI=1S/C19H21BrN4O2S/c1-12-7-14(9-21-22-12)19(26)23-10-13-3-2-6-24(16(13)11-23)18(25)8-15-4-5-17(20)27-15/h4-5,7,9,13,16H,2-3,6,8,10-11H2,1H3/t13-,16+/m0/s1. The summed E-state index contributed by atoms with van der Waals surface area (Å²) >= 11 is 5.06. The summed E-state index contributed by atoms with van der Waals surface area (Å²) in [5.74, 6) is 0.504. The van der Waals surface area contributed by atoms with Crippen LogP contribution in [0.2, 0.25) is 0 Å². The lowest BCUT2D eigenvalue weighted by Gasteiger charge is -2.36. The maximum Gasteiger partial charge on any atom is 0.255 e. The van der Waals surface area contributed by atoms with Crippen molar-refractivity contribution in [1.82, 2.24) is 20.0 Å². The molecule has 142 valence electrons. The number of thiophene rings is 1. The number of halogens is 1. The molecule has 2 atom stereocenters. The lowest BCUT2D eigenvalue weighted by atomic mass is 9.92.